The van der Waals surface area contributed by atoms with Crippen LogP contribution in [0.5, 0.6) is 0 Å². The highest BCUT2D eigenvalue weighted by Gasteiger charge is 2.30. The number of thioether (sulfide) groups is 1. The van der Waals surface area contributed by atoms with Crippen molar-refractivity contribution >= 4 is 22.6 Å². The molecule has 2 aliphatic heterocycles. The summed E-state index contributed by atoms with van der Waals surface area (Å²) in [6.45, 7) is 10.3. The van der Waals surface area contributed by atoms with Crippen molar-refractivity contribution in [2.45, 2.75) is 31.3 Å². The highest BCUT2D eigenvalue weighted by Crippen LogP contribution is 2.34. The summed E-state index contributed by atoms with van der Waals surface area (Å²) in [6.07, 6.45) is 8.34. The molecule has 4 rings (SSSR count). The first kappa shape index (κ1) is 20.9. The Bertz CT molecular complexity index is 868. The summed E-state index contributed by atoms with van der Waals surface area (Å²) in [4.78, 5) is 9.52. The van der Waals surface area contributed by atoms with Crippen LogP contribution in [0.25, 0.3) is 5.70 Å². The number of hydrogen-bond donors (Lipinski definition) is 1. The second-order valence-corrected chi connectivity index (χ2v) is 9.27. The van der Waals surface area contributed by atoms with Gasteiger partial charge in [0.15, 0.2) is 5.17 Å². The van der Waals surface area contributed by atoms with E-state index in [0.29, 0.717) is 11.2 Å². The molecule has 1 fully saturated rings. The quantitative estimate of drug-likeness (QED) is 0.788. The lowest BCUT2D eigenvalue weighted by molar-refractivity contribution is 0.106. The highest BCUT2D eigenvalue weighted by molar-refractivity contribution is 8.13. The predicted molar refractivity (Wildman–Crippen MR) is 125 cm³/mol. The fraction of sp³-hybridized carbons (Fsp3) is 0.458. The molecule has 0 spiro atoms. The van der Waals surface area contributed by atoms with Crippen LogP contribution in [0.1, 0.15) is 30.9 Å². The molecule has 1 aromatic rings. The molecule has 0 saturated carbocycles. The minimum Gasteiger partial charge on any atom is -0.499 e. The third-order valence-corrected chi connectivity index (χ3v) is 7.09. The summed E-state index contributed by atoms with van der Waals surface area (Å²) in [5.41, 5.74) is 8.69. The largest absolute Gasteiger partial charge is 0.499 e. The maximum Gasteiger partial charge on any atom is 0.154 e. The number of methoxy groups -OCH3 is 1. The predicted octanol–water partition coefficient (Wildman–Crippen LogP) is 3.40. The molecule has 1 saturated heterocycles. The van der Waals surface area contributed by atoms with Crippen molar-refractivity contribution in [3.05, 3.63) is 66.0 Å². The van der Waals surface area contributed by atoms with Crippen LogP contribution in [0.3, 0.4) is 0 Å². The van der Waals surface area contributed by atoms with Crippen LogP contribution in [0, 0.1) is 12.1 Å². The molecule has 158 valence electrons. The van der Waals surface area contributed by atoms with E-state index in [1.165, 1.54) is 0 Å². The van der Waals surface area contributed by atoms with Crippen LogP contribution < -0.4 is 5.73 Å². The smallest absolute Gasteiger partial charge is 0.154 e. The molecule has 0 radical (unpaired) electrons. The number of nitrogens with two attached hydrogens (primary N) is 1. The van der Waals surface area contributed by atoms with Gasteiger partial charge in [0.05, 0.1) is 18.7 Å². The van der Waals surface area contributed by atoms with Crippen molar-refractivity contribution in [2.24, 2.45) is 10.7 Å². The Labute approximate surface area is 184 Å². The lowest BCUT2D eigenvalue weighted by Gasteiger charge is -2.41. The fourth-order valence-electron chi connectivity index (χ4n) is 4.35. The van der Waals surface area contributed by atoms with E-state index in [1.54, 1.807) is 18.9 Å². The van der Waals surface area contributed by atoms with Gasteiger partial charge in [-0.15, -0.1) is 0 Å². The summed E-state index contributed by atoms with van der Waals surface area (Å²) in [5, 5.41) is 0.656. The molecule has 6 heteroatoms. The van der Waals surface area contributed by atoms with Crippen LogP contribution in [0.15, 0.2) is 47.7 Å². The first-order valence-corrected chi connectivity index (χ1v) is 11.5. The molecular formula is C24H30N4OS. The molecular weight excluding hydrogens is 392 g/mol. The van der Waals surface area contributed by atoms with Gasteiger partial charge in [-0.25, -0.2) is 0 Å². The number of amidine groups is 1. The van der Waals surface area contributed by atoms with Gasteiger partial charge in [0.25, 0.3) is 0 Å². The molecule has 1 aliphatic carbocycles. The van der Waals surface area contributed by atoms with Gasteiger partial charge in [-0.2, -0.15) is 0 Å². The van der Waals surface area contributed by atoms with Crippen LogP contribution in [-0.2, 0) is 10.3 Å². The number of rotatable bonds is 5. The third-order valence-electron chi connectivity index (χ3n) is 6.29. The molecule has 1 aromatic carbocycles. The second-order valence-electron chi connectivity index (χ2n) is 8.16. The number of piperazine rings is 1. The SMILES string of the molecule is C=C(c1c#cc(C2(C)CCSC(N)=N2)cc1)N1CCN(C2CC=CC=C2OC)CC1. The van der Waals surface area contributed by atoms with Gasteiger partial charge in [0.2, 0.25) is 0 Å². The Morgan fingerprint density at radius 3 is 2.77 bits per heavy atom. The Morgan fingerprint density at radius 1 is 1.30 bits per heavy atom. The molecule has 0 amide bonds. The van der Waals surface area contributed by atoms with E-state index in [0.717, 1.165) is 67.4 Å². The first-order valence-electron chi connectivity index (χ1n) is 10.5. The number of nitrogens with zero attached hydrogens (tertiary/aromatic N) is 3. The minimum atomic E-state index is -0.307. The zero-order valence-electron chi connectivity index (χ0n) is 17.9. The molecule has 2 atom stereocenters. The zero-order valence-corrected chi connectivity index (χ0v) is 18.7. The standard InChI is InChI=1S/C24H30N4OS/c1-18(19-8-10-20(11-9-19)24(2)12-17-30-23(25)26-24)27-13-15-28(16-14-27)21-6-4-5-7-22(21)29-3/h4-5,7-8,10,21H,1,6,12-17H2,2-3H3,(H2,25,26). The van der Waals surface area contributed by atoms with E-state index in [1.807, 2.05) is 0 Å². The van der Waals surface area contributed by atoms with Crippen LogP contribution in [0.4, 0.5) is 0 Å². The lowest BCUT2D eigenvalue weighted by Crippen LogP contribution is -2.50. The number of hydrogen-bond acceptors (Lipinski definition) is 6. The van der Waals surface area contributed by atoms with Gasteiger partial charge in [-0.3, -0.25) is 9.89 Å². The van der Waals surface area contributed by atoms with Gasteiger partial charge < -0.3 is 15.4 Å². The van der Waals surface area contributed by atoms with Gasteiger partial charge in [0.1, 0.15) is 5.76 Å². The zero-order chi connectivity index (χ0) is 21.1. The number of ether oxygens (including phenoxy) is 1. The van der Waals surface area contributed by atoms with Crippen molar-refractivity contribution in [3.63, 3.8) is 0 Å². The van der Waals surface area contributed by atoms with E-state index in [9.17, 15) is 0 Å². The molecule has 2 unspecified atom stereocenters. The summed E-state index contributed by atoms with van der Waals surface area (Å²) in [6, 6.07) is 11.2. The van der Waals surface area contributed by atoms with Crippen LogP contribution in [-0.4, -0.2) is 60.1 Å². The summed E-state index contributed by atoms with van der Waals surface area (Å²) in [7, 11) is 1.76. The monoisotopic (exact) mass is 422 g/mol. The van der Waals surface area contributed by atoms with Gasteiger partial charge in [-0.05, 0) is 38.0 Å². The highest BCUT2D eigenvalue weighted by atomic mass is 32.2. The normalized spacial score (nSPS) is 27.1. The molecule has 30 heavy (non-hydrogen) atoms. The van der Waals surface area contributed by atoms with E-state index >= 15 is 0 Å². The third kappa shape index (κ3) is 4.23. The Balaban J connectivity index is 1.38. The Kier molecular flexibility index (Phi) is 6.12. The number of allylic oxidation sites excluding steroid dienone is 2. The molecule has 2 N–H and O–H groups in total. The maximum atomic E-state index is 5.95. The minimum absolute atomic E-state index is 0.307. The summed E-state index contributed by atoms with van der Waals surface area (Å²) < 4.78 is 5.59. The average Bonchev–Trinajstić information content (AvgIpc) is 2.78. The molecule has 0 aromatic heterocycles. The van der Waals surface area contributed by atoms with E-state index in [4.69, 9.17) is 10.5 Å². The van der Waals surface area contributed by atoms with Crippen molar-refractivity contribution < 1.29 is 4.74 Å². The van der Waals surface area contributed by atoms with Gasteiger partial charge in [0, 0.05) is 48.8 Å². The van der Waals surface area contributed by atoms with Crippen molar-refractivity contribution in [1.82, 2.24) is 9.80 Å². The van der Waals surface area contributed by atoms with Gasteiger partial charge >= 0.3 is 0 Å². The number of aliphatic imine (C=N–C) groups is 1. The van der Waals surface area contributed by atoms with Gasteiger partial charge in [-0.1, -0.05) is 42.6 Å². The van der Waals surface area contributed by atoms with E-state index in [2.05, 4.69) is 70.8 Å². The molecule has 0 bridgehead atoms. The van der Waals surface area contributed by atoms with Crippen molar-refractivity contribution in [1.29, 1.82) is 0 Å². The molecule has 2 heterocycles. The second kappa shape index (κ2) is 8.79. The summed E-state index contributed by atoms with van der Waals surface area (Å²) in [5.74, 6) is 2.04. The Hall–Kier alpha value is -2.36. The van der Waals surface area contributed by atoms with E-state index in [-0.39, 0.29) is 5.54 Å². The van der Waals surface area contributed by atoms with E-state index < -0.39 is 0 Å². The molecule has 5 nitrogen and oxygen atoms in total. The maximum absolute atomic E-state index is 5.95. The van der Waals surface area contributed by atoms with Crippen molar-refractivity contribution in [3.8, 4) is 0 Å². The van der Waals surface area contributed by atoms with Crippen LogP contribution >= 0.6 is 11.8 Å². The summed E-state index contributed by atoms with van der Waals surface area (Å²) >= 11 is 1.62. The fourth-order valence-corrected chi connectivity index (χ4v) is 5.33. The molecule has 3 aliphatic rings. The lowest BCUT2D eigenvalue weighted by atomic mass is 9.90. The van der Waals surface area contributed by atoms with Crippen molar-refractivity contribution in [2.75, 3.05) is 39.0 Å². The average molecular weight is 423 g/mol. The Morgan fingerprint density at radius 2 is 2.10 bits per heavy atom. The van der Waals surface area contributed by atoms with Crippen LogP contribution in [0.2, 0.25) is 0 Å². The first-order chi connectivity index (χ1) is 14.5. The topological polar surface area (TPSA) is 54.1 Å².